The van der Waals surface area contributed by atoms with Gasteiger partial charge in [-0.05, 0) is 23.0 Å². The number of hydrogen-bond donors (Lipinski definition) is 1. The SMILES string of the molecule is CC(C)(C)c1ccc([C@H]2CCNC2=O)cc1. The Labute approximate surface area is 97.1 Å². The third-order valence-corrected chi connectivity index (χ3v) is 3.23. The summed E-state index contributed by atoms with van der Waals surface area (Å²) in [5, 5.41) is 2.87. The van der Waals surface area contributed by atoms with Crippen LogP contribution in [0.4, 0.5) is 0 Å². The molecule has 0 aromatic heterocycles. The van der Waals surface area contributed by atoms with Gasteiger partial charge in [-0.1, -0.05) is 45.0 Å². The largest absolute Gasteiger partial charge is 0.356 e. The summed E-state index contributed by atoms with van der Waals surface area (Å²) in [5.41, 5.74) is 2.63. The molecule has 2 heteroatoms. The van der Waals surface area contributed by atoms with E-state index < -0.39 is 0 Å². The molecule has 1 atom stereocenters. The molecule has 1 heterocycles. The quantitative estimate of drug-likeness (QED) is 0.769. The van der Waals surface area contributed by atoms with Crippen LogP contribution in [0, 0.1) is 0 Å². The Balaban J connectivity index is 2.22. The lowest BCUT2D eigenvalue weighted by Crippen LogP contribution is -2.18. The molecule has 0 aliphatic carbocycles. The van der Waals surface area contributed by atoms with Crippen molar-refractivity contribution in [2.24, 2.45) is 0 Å². The molecule has 0 saturated carbocycles. The second-order valence-electron chi connectivity index (χ2n) is 5.50. The molecule has 0 bridgehead atoms. The van der Waals surface area contributed by atoms with E-state index in [4.69, 9.17) is 0 Å². The predicted molar refractivity (Wildman–Crippen MR) is 65.5 cm³/mol. The zero-order valence-electron chi connectivity index (χ0n) is 10.2. The minimum atomic E-state index is 0.0639. The van der Waals surface area contributed by atoms with Crippen LogP contribution < -0.4 is 5.32 Å². The number of rotatable bonds is 1. The monoisotopic (exact) mass is 217 g/mol. The highest BCUT2D eigenvalue weighted by atomic mass is 16.2. The number of nitrogens with one attached hydrogen (secondary N) is 1. The van der Waals surface area contributed by atoms with Crippen LogP contribution in [-0.4, -0.2) is 12.5 Å². The van der Waals surface area contributed by atoms with Gasteiger partial charge >= 0.3 is 0 Å². The van der Waals surface area contributed by atoms with E-state index in [2.05, 4.69) is 50.4 Å². The number of amides is 1. The minimum Gasteiger partial charge on any atom is -0.356 e. The highest BCUT2D eigenvalue weighted by molar-refractivity contribution is 5.85. The van der Waals surface area contributed by atoms with E-state index in [0.29, 0.717) is 0 Å². The second kappa shape index (κ2) is 3.93. The van der Waals surface area contributed by atoms with E-state index in [0.717, 1.165) is 18.5 Å². The third kappa shape index (κ3) is 2.11. The van der Waals surface area contributed by atoms with Crippen molar-refractivity contribution in [3.05, 3.63) is 35.4 Å². The summed E-state index contributed by atoms with van der Waals surface area (Å²) >= 11 is 0. The normalized spacial score (nSPS) is 20.9. The molecule has 16 heavy (non-hydrogen) atoms. The Hall–Kier alpha value is -1.31. The Morgan fingerprint density at radius 3 is 2.25 bits per heavy atom. The third-order valence-electron chi connectivity index (χ3n) is 3.23. The first-order valence-electron chi connectivity index (χ1n) is 5.86. The van der Waals surface area contributed by atoms with Crippen molar-refractivity contribution in [2.45, 2.75) is 38.5 Å². The zero-order chi connectivity index (χ0) is 11.8. The molecule has 1 aliphatic heterocycles. The predicted octanol–water partition coefficient (Wildman–Crippen LogP) is 2.59. The summed E-state index contributed by atoms with van der Waals surface area (Å²) in [6, 6.07) is 8.47. The minimum absolute atomic E-state index is 0.0639. The van der Waals surface area contributed by atoms with Crippen LogP contribution in [0.1, 0.15) is 44.2 Å². The van der Waals surface area contributed by atoms with Gasteiger partial charge in [-0.3, -0.25) is 4.79 Å². The maximum absolute atomic E-state index is 11.5. The van der Waals surface area contributed by atoms with Crippen molar-refractivity contribution < 1.29 is 4.79 Å². The molecule has 1 saturated heterocycles. The molecule has 1 aliphatic rings. The summed E-state index contributed by atoms with van der Waals surface area (Å²) in [7, 11) is 0. The van der Waals surface area contributed by atoms with E-state index in [1.807, 2.05) is 0 Å². The smallest absolute Gasteiger partial charge is 0.227 e. The molecule has 1 amide bonds. The molecular formula is C14H19NO. The molecule has 2 nitrogen and oxygen atoms in total. The molecule has 1 aromatic carbocycles. The molecule has 0 radical (unpaired) electrons. The van der Waals surface area contributed by atoms with Crippen LogP contribution >= 0.6 is 0 Å². The molecule has 1 aromatic rings. The first kappa shape index (κ1) is 11.2. The molecular weight excluding hydrogens is 198 g/mol. The van der Waals surface area contributed by atoms with Gasteiger partial charge < -0.3 is 5.32 Å². The number of benzene rings is 1. The van der Waals surface area contributed by atoms with Crippen molar-refractivity contribution in [3.8, 4) is 0 Å². The van der Waals surface area contributed by atoms with E-state index in [-0.39, 0.29) is 17.2 Å². The fourth-order valence-corrected chi connectivity index (χ4v) is 2.13. The number of hydrogen-bond acceptors (Lipinski definition) is 1. The van der Waals surface area contributed by atoms with Gasteiger partial charge in [0, 0.05) is 6.54 Å². The lowest BCUT2D eigenvalue weighted by Gasteiger charge is -2.19. The van der Waals surface area contributed by atoms with Crippen molar-refractivity contribution >= 4 is 5.91 Å². The average molecular weight is 217 g/mol. The first-order chi connectivity index (χ1) is 7.48. The molecule has 2 rings (SSSR count). The van der Waals surface area contributed by atoms with Gasteiger partial charge in [-0.15, -0.1) is 0 Å². The van der Waals surface area contributed by atoms with Crippen molar-refractivity contribution in [2.75, 3.05) is 6.54 Å². The van der Waals surface area contributed by atoms with Gasteiger partial charge in [-0.25, -0.2) is 0 Å². The van der Waals surface area contributed by atoms with E-state index >= 15 is 0 Å². The van der Waals surface area contributed by atoms with Crippen molar-refractivity contribution in [3.63, 3.8) is 0 Å². The Morgan fingerprint density at radius 1 is 1.19 bits per heavy atom. The van der Waals surface area contributed by atoms with E-state index in [1.54, 1.807) is 0 Å². The lowest BCUT2D eigenvalue weighted by molar-refractivity contribution is -0.120. The number of carbonyl (C=O) groups excluding carboxylic acids is 1. The van der Waals surface area contributed by atoms with Crippen LogP contribution in [0.15, 0.2) is 24.3 Å². The van der Waals surface area contributed by atoms with Gasteiger partial charge in [0.25, 0.3) is 0 Å². The van der Waals surface area contributed by atoms with Crippen LogP contribution in [-0.2, 0) is 10.2 Å². The molecule has 86 valence electrons. The Morgan fingerprint density at radius 2 is 1.81 bits per heavy atom. The topological polar surface area (TPSA) is 29.1 Å². The van der Waals surface area contributed by atoms with Gasteiger partial charge in [0.1, 0.15) is 0 Å². The molecule has 1 N–H and O–H groups in total. The lowest BCUT2D eigenvalue weighted by atomic mass is 9.85. The van der Waals surface area contributed by atoms with Gasteiger partial charge in [0.05, 0.1) is 5.92 Å². The van der Waals surface area contributed by atoms with Crippen LogP contribution in [0.3, 0.4) is 0 Å². The summed E-state index contributed by atoms with van der Waals surface area (Å²) in [5.74, 6) is 0.234. The first-order valence-corrected chi connectivity index (χ1v) is 5.86. The molecule has 0 spiro atoms. The van der Waals surface area contributed by atoms with E-state index in [9.17, 15) is 4.79 Å². The zero-order valence-corrected chi connectivity index (χ0v) is 10.2. The van der Waals surface area contributed by atoms with Gasteiger partial charge in [0.2, 0.25) is 5.91 Å². The summed E-state index contributed by atoms with van der Waals surface area (Å²) < 4.78 is 0. The van der Waals surface area contributed by atoms with Crippen LogP contribution in [0.25, 0.3) is 0 Å². The highest BCUT2D eigenvalue weighted by Crippen LogP contribution is 2.27. The van der Waals surface area contributed by atoms with Crippen molar-refractivity contribution in [1.29, 1.82) is 0 Å². The summed E-state index contributed by atoms with van der Waals surface area (Å²) in [6.07, 6.45) is 0.924. The van der Waals surface area contributed by atoms with Gasteiger partial charge in [0.15, 0.2) is 0 Å². The van der Waals surface area contributed by atoms with Crippen LogP contribution in [0.5, 0.6) is 0 Å². The van der Waals surface area contributed by atoms with Crippen LogP contribution in [0.2, 0.25) is 0 Å². The maximum atomic E-state index is 11.5. The van der Waals surface area contributed by atoms with Gasteiger partial charge in [-0.2, -0.15) is 0 Å². The highest BCUT2D eigenvalue weighted by Gasteiger charge is 2.25. The summed E-state index contributed by atoms with van der Waals surface area (Å²) in [6.45, 7) is 7.41. The Bertz CT molecular complexity index is 386. The number of carbonyl (C=O) groups is 1. The maximum Gasteiger partial charge on any atom is 0.227 e. The van der Waals surface area contributed by atoms with E-state index in [1.165, 1.54) is 5.56 Å². The molecule has 0 unspecified atom stereocenters. The molecule has 1 fully saturated rings. The fourth-order valence-electron chi connectivity index (χ4n) is 2.13. The van der Waals surface area contributed by atoms with Crippen molar-refractivity contribution in [1.82, 2.24) is 5.32 Å². The summed E-state index contributed by atoms with van der Waals surface area (Å²) in [4.78, 5) is 11.5. The fraction of sp³-hybridized carbons (Fsp3) is 0.500. The average Bonchev–Trinajstić information content (AvgIpc) is 2.63. The standard InChI is InChI=1S/C14H19NO/c1-14(2,3)11-6-4-10(5-7-11)12-8-9-15-13(12)16/h4-7,12H,8-9H2,1-3H3,(H,15,16)/t12-/m1/s1. The Kier molecular flexibility index (Phi) is 2.75. The second-order valence-corrected chi connectivity index (χ2v) is 5.50.